The highest BCUT2D eigenvalue weighted by Gasteiger charge is 2.28. The van der Waals surface area contributed by atoms with Crippen LogP contribution >= 0.6 is 24.8 Å². The number of carbonyl (C=O) groups excluding carboxylic acids is 1. The van der Waals surface area contributed by atoms with Crippen LogP contribution in [0.3, 0.4) is 0 Å². The molecule has 3 N–H and O–H groups in total. The zero-order chi connectivity index (χ0) is 14.4. The molecule has 0 bridgehead atoms. The third-order valence-corrected chi connectivity index (χ3v) is 4.32. The Morgan fingerprint density at radius 3 is 2.41 bits per heavy atom. The molecule has 0 unspecified atom stereocenters. The van der Waals surface area contributed by atoms with E-state index in [0.29, 0.717) is 12.0 Å². The molecule has 1 aliphatic carbocycles. The number of hydrogen-bond donors (Lipinski definition) is 2. The van der Waals surface area contributed by atoms with Gasteiger partial charge in [0, 0.05) is 30.0 Å². The van der Waals surface area contributed by atoms with Gasteiger partial charge in [-0.3, -0.25) is 9.78 Å². The van der Waals surface area contributed by atoms with Gasteiger partial charge in [-0.1, -0.05) is 13.3 Å². The fraction of sp³-hybridized carbons (Fsp3) is 0.625. The molecule has 1 aromatic heterocycles. The van der Waals surface area contributed by atoms with Crippen LogP contribution in [0.25, 0.3) is 0 Å². The van der Waals surface area contributed by atoms with Gasteiger partial charge in [0.05, 0.1) is 0 Å². The van der Waals surface area contributed by atoms with Crippen LogP contribution in [0.1, 0.15) is 45.4 Å². The Morgan fingerprint density at radius 2 is 1.86 bits per heavy atom. The van der Waals surface area contributed by atoms with Crippen LogP contribution in [-0.4, -0.2) is 16.9 Å². The number of nitrogens with one attached hydrogen (secondary N) is 1. The molecule has 1 aromatic rings. The minimum Gasteiger partial charge on any atom is -0.327 e. The normalized spacial score (nSPS) is 21.9. The molecule has 1 amide bonds. The molecular formula is C16H27Cl2N3O. The maximum atomic E-state index is 12.2. The van der Waals surface area contributed by atoms with Crippen LogP contribution in [-0.2, 0) is 4.79 Å². The van der Waals surface area contributed by atoms with Crippen molar-refractivity contribution in [2.24, 2.45) is 17.6 Å². The van der Waals surface area contributed by atoms with Crippen LogP contribution in [0.2, 0.25) is 0 Å². The van der Waals surface area contributed by atoms with Gasteiger partial charge in [0.15, 0.2) is 0 Å². The Morgan fingerprint density at radius 1 is 1.27 bits per heavy atom. The second kappa shape index (κ2) is 10.8. The smallest absolute Gasteiger partial charge is 0.227 e. The number of halogens is 2. The van der Waals surface area contributed by atoms with Gasteiger partial charge in [-0.25, -0.2) is 0 Å². The van der Waals surface area contributed by atoms with Gasteiger partial charge < -0.3 is 11.1 Å². The molecule has 0 saturated heterocycles. The van der Waals surface area contributed by atoms with Crippen LogP contribution < -0.4 is 11.1 Å². The molecule has 1 aliphatic rings. The van der Waals surface area contributed by atoms with Gasteiger partial charge in [0.25, 0.3) is 0 Å². The number of anilines is 1. The van der Waals surface area contributed by atoms with Crippen LogP contribution in [0.15, 0.2) is 24.5 Å². The Balaban J connectivity index is 0.00000220. The van der Waals surface area contributed by atoms with Gasteiger partial charge in [0.2, 0.25) is 5.91 Å². The Bertz CT molecular complexity index is 423. The van der Waals surface area contributed by atoms with Crippen molar-refractivity contribution >= 4 is 36.4 Å². The van der Waals surface area contributed by atoms with E-state index >= 15 is 0 Å². The molecule has 2 rings (SSSR count). The first-order chi connectivity index (χ1) is 9.70. The molecule has 1 atom stereocenters. The van der Waals surface area contributed by atoms with Crippen molar-refractivity contribution in [3.63, 3.8) is 0 Å². The van der Waals surface area contributed by atoms with Crippen LogP contribution in [0, 0.1) is 11.8 Å². The fourth-order valence-corrected chi connectivity index (χ4v) is 3.06. The lowest BCUT2D eigenvalue weighted by Gasteiger charge is -2.31. The SMILES string of the molecule is CCC[C@H](N)C1CCC(C(=O)Nc2ccncc2)CC1.Cl.Cl. The largest absolute Gasteiger partial charge is 0.327 e. The van der Waals surface area contributed by atoms with E-state index in [9.17, 15) is 4.79 Å². The Labute approximate surface area is 145 Å². The molecule has 0 spiro atoms. The summed E-state index contributed by atoms with van der Waals surface area (Å²) >= 11 is 0. The summed E-state index contributed by atoms with van der Waals surface area (Å²) in [6, 6.07) is 3.95. The third-order valence-electron chi connectivity index (χ3n) is 4.32. The molecule has 1 heterocycles. The van der Waals surface area contributed by atoms with Crippen molar-refractivity contribution in [1.82, 2.24) is 4.98 Å². The zero-order valence-electron chi connectivity index (χ0n) is 13.0. The number of carbonyl (C=O) groups is 1. The maximum absolute atomic E-state index is 12.2. The summed E-state index contributed by atoms with van der Waals surface area (Å²) in [5.41, 5.74) is 7.03. The predicted octanol–water partition coefficient (Wildman–Crippen LogP) is 3.80. The molecular weight excluding hydrogens is 321 g/mol. The van der Waals surface area contributed by atoms with E-state index in [1.54, 1.807) is 12.4 Å². The summed E-state index contributed by atoms with van der Waals surface area (Å²) in [5.74, 6) is 0.867. The minimum atomic E-state index is 0. The summed E-state index contributed by atoms with van der Waals surface area (Å²) < 4.78 is 0. The number of nitrogens with zero attached hydrogens (tertiary/aromatic N) is 1. The van der Waals surface area contributed by atoms with Crippen molar-refractivity contribution < 1.29 is 4.79 Å². The fourth-order valence-electron chi connectivity index (χ4n) is 3.06. The van der Waals surface area contributed by atoms with Crippen molar-refractivity contribution in [2.75, 3.05) is 5.32 Å². The average Bonchev–Trinajstić information content (AvgIpc) is 2.48. The van der Waals surface area contributed by atoms with Crippen LogP contribution in [0.4, 0.5) is 5.69 Å². The molecule has 0 aromatic carbocycles. The Kier molecular flexibility index (Phi) is 10.4. The maximum Gasteiger partial charge on any atom is 0.227 e. The van der Waals surface area contributed by atoms with E-state index in [1.165, 1.54) is 0 Å². The number of amides is 1. The number of nitrogens with two attached hydrogens (primary N) is 1. The molecule has 22 heavy (non-hydrogen) atoms. The lowest BCUT2D eigenvalue weighted by Crippen LogP contribution is -2.35. The van der Waals surface area contributed by atoms with E-state index in [1.807, 2.05) is 12.1 Å². The van der Waals surface area contributed by atoms with E-state index in [2.05, 4.69) is 17.2 Å². The second-order valence-corrected chi connectivity index (χ2v) is 5.79. The summed E-state index contributed by atoms with van der Waals surface area (Å²) in [6.07, 6.45) is 9.69. The predicted molar refractivity (Wildman–Crippen MR) is 95.7 cm³/mol. The van der Waals surface area contributed by atoms with Gasteiger partial charge in [-0.05, 0) is 50.2 Å². The number of rotatable bonds is 5. The lowest BCUT2D eigenvalue weighted by molar-refractivity contribution is -0.121. The van der Waals surface area contributed by atoms with Gasteiger partial charge in [-0.2, -0.15) is 0 Å². The monoisotopic (exact) mass is 347 g/mol. The zero-order valence-corrected chi connectivity index (χ0v) is 14.7. The van der Waals surface area contributed by atoms with Crippen molar-refractivity contribution in [1.29, 1.82) is 0 Å². The first kappa shape index (κ1) is 21.2. The number of aromatic nitrogens is 1. The molecule has 6 heteroatoms. The molecule has 0 radical (unpaired) electrons. The van der Waals surface area contributed by atoms with Crippen molar-refractivity contribution in [3.8, 4) is 0 Å². The highest BCUT2D eigenvalue weighted by molar-refractivity contribution is 5.92. The second-order valence-electron chi connectivity index (χ2n) is 5.79. The van der Waals surface area contributed by atoms with Gasteiger partial charge in [-0.15, -0.1) is 24.8 Å². The standard InChI is InChI=1S/C16H25N3O.2ClH/c1-2-3-15(17)12-4-6-13(7-5-12)16(20)19-14-8-10-18-11-9-14;;/h8-13,15H,2-7,17H2,1H3,(H,18,19,20);2*1H/t12?,13?,15-;;/m0../s1. The highest BCUT2D eigenvalue weighted by atomic mass is 35.5. The van der Waals surface area contributed by atoms with E-state index in [-0.39, 0.29) is 36.6 Å². The van der Waals surface area contributed by atoms with Crippen molar-refractivity contribution in [3.05, 3.63) is 24.5 Å². The van der Waals surface area contributed by atoms with E-state index in [0.717, 1.165) is 44.2 Å². The average molecular weight is 348 g/mol. The quantitative estimate of drug-likeness (QED) is 0.850. The molecule has 4 nitrogen and oxygen atoms in total. The summed E-state index contributed by atoms with van der Waals surface area (Å²) in [4.78, 5) is 16.2. The third kappa shape index (κ3) is 6.11. The van der Waals surface area contributed by atoms with Gasteiger partial charge in [0.1, 0.15) is 0 Å². The van der Waals surface area contributed by atoms with Crippen LogP contribution in [0.5, 0.6) is 0 Å². The number of pyridine rings is 1. The molecule has 0 aliphatic heterocycles. The van der Waals surface area contributed by atoms with E-state index in [4.69, 9.17) is 5.73 Å². The lowest BCUT2D eigenvalue weighted by atomic mass is 9.77. The summed E-state index contributed by atoms with van der Waals surface area (Å²) in [5, 5.41) is 2.97. The minimum absolute atomic E-state index is 0. The van der Waals surface area contributed by atoms with Gasteiger partial charge >= 0.3 is 0 Å². The van der Waals surface area contributed by atoms with E-state index < -0.39 is 0 Å². The number of hydrogen-bond acceptors (Lipinski definition) is 3. The highest BCUT2D eigenvalue weighted by Crippen LogP contribution is 2.32. The first-order valence-corrected chi connectivity index (χ1v) is 7.67. The summed E-state index contributed by atoms with van der Waals surface area (Å²) in [7, 11) is 0. The Hall–Kier alpha value is -0.840. The molecule has 1 fully saturated rings. The summed E-state index contributed by atoms with van der Waals surface area (Å²) in [6.45, 7) is 2.17. The van der Waals surface area contributed by atoms with Crippen molar-refractivity contribution in [2.45, 2.75) is 51.5 Å². The molecule has 1 saturated carbocycles. The topological polar surface area (TPSA) is 68.0 Å². The first-order valence-electron chi connectivity index (χ1n) is 7.67. The molecule has 126 valence electrons.